The molecule has 2 unspecified atom stereocenters. The van der Waals surface area contributed by atoms with E-state index in [-0.39, 0.29) is 24.5 Å². The molecule has 2 aliphatic rings. The van der Waals surface area contributed by atoms with Crippen molar-refractivity contribution in [2.45, 2.75) is 26.7 Å². The molecule has 4 amide bonds. The Bertz CT molecular complexity index is 751. The van der Waals surface area contributed by atoms with Gasteiger partial charge in [0.25, 0.3) is 0 Å². The Labute approximate surface area is 158 Å². The Morgan fingerprint density at radius 2 is 2.00 bits per heavy atom. The number of carboxylic acid groups (broad SMARTS) is 1. The molecule has 0 aromatic heterocycles. The third-order valence-corrected chi connectivity index (χ3v) is 5.10. The predicted octanol–water partition coefficient (Wildman–Crippen LogP) is 2.35. The van der Waals surface area contributed by atoms with Crippen molar-refractivity contribution in [2.24, 2.45) is 11.8 Å². The summed E-state index contributed by atoms with van der Waals surface area (Å²) in [5.41, 5.74) is 2.46. The monoisotopic (exact) mass is 374 g/mol. The van der Waals surface area contributed by atoms with Crippen LogP contribution in [0.2, 0.25) is 0 Å². The summed E-state index contributed by atoms with van der Waals surface area (Å²) < 4.78 is 0. The number of fused-ring (bicyclic) bond motifs is 1. The van der Waals surface area contributed by atoms with Gasteiger partial charge in [-0.2, -0.15) is 0 Å². The lowest BCUT2D eigenvalue weighted by Crippen LogP contribution is -2.47. The van der Waals surface area contributed by atoms with E-state index in [1.807, 2.05) is 26.0 Å². The van der Waals surface area contributed by atoms with E-state index in [0.717, 1.165) is 17.7 Å². The number of urea groups is 2. The second-order valence-corrected chi connectivity index (χ2v) is 7.29. The van der Waals surface area contributed by atoms with E-state index in [1.165, 1.54) is 0 Å². The molecule has 8 nitrogen and oxygen atoms in total. The van der Waals surface area contributed by atoms with Crippen LogP contribution >= 0.6 is 0 Å². The number of rotatable bonds is 3. The number of carboxylic acids is 1. The molecule has 0 saturated carbocycles. The van der Waals surface area contributed by atoms with Gasteiger partial charge in [0.15, 0.2) is 0 Å². The number of piperidine rings is 1. The number of nitrogens with zero attached hydrogens (tertiary/aromatic N) is 2. The fourth-order valence-electron chi connectivity index (χ4n) is 3.81. The van der Waals surface area contributed by atoms with Gasteiger partial charge in [0.2, 0.25) is 0 Å². The van der Waals surface area contributed by atoms with Crippen LogP contribution < -0.4 is 15.5 Å². The van der Waals surface area contributed by atoms with Gasteiger partial charge < -0.3 is 20.6 Å². The number of carbonyl (C=O) groups is 3. The normalized spacial score (nSPS) is 21.6. The number of hydrogen-bond donors (Lipinski definition) is 3. The van der Waals surface area contributed by atoms with Gasteiger partial charge in [-0.1, -0.05) is 13.0 Å². The summed E-state index contributed by atoms with van der Waals surface area (Å²) in [6, 6.07) is 5.09. The summed E-state index contributed by atoms with van der Waals surface area (Å²) in [6.45, 7) is 5.74. The maximum Gasteiger partial charge on any atom is 0.321 e. The van der Waals surface area contributed by atoms with Crippen LogP contribution in [0.1, 0.15) is 25.8 Å². The number of carbonyl (C=O) groups excluding carboxylic acids is 2. The van der Waals surface area contributed by atoms with E-state index >= 15 is 0 Å². The molecule has 146 valence electrons. The van der Waals surface area contributed by atoms with Gasteiger partial charge in [0, 0.05) is 31.9 Å². The number of hydrogen-bond acceptors (Lipinski definition) is 3. The van der Waals surface area contributed by atoms with Crippen LogP contribution in [0.5, 0.6) is 0 Å². The fourth-order valence-corrected chi connectivity index (χ4v) is 3.81. The summed E-state index contributed by atoms with van der Waals surface area (Å²) in [5, 5.41) is 14.9. The van der Waals surface area contributed by atoms with Gasteiger partial charge in [-0.3, -0.25) is 9.69 Å². The Hall–Kier alpha value is -2.77. The molecular formula is C19H26N4O4. The SMILES string of the molecule is CCNC(=O)N1CCc2ccc(NC(=O)N3CC(C)CC(C(=O)O)C3)cc21. The van der Waals surface area contributed by atoms with Crippen LogP contribution in [0.15, 0.2) is 18.2 Å². The van der Waals surface area contributed by atoms with Crippen LogP contribution in [0, 0.1) is 11.8 Å². The summed E-state index contributed by atoms with van der Waals surface area (Å²) >= 11 is 0. The zero-order valence-electron chi connectivity index (χ0n) is 15.7. The molecule has 0 radical (unpaired) electrons. The van der Waals surface area contributed by atoms with E-state index in [1.54, 1.807) is 15.9 Å². The molecule has 0 aliphatic carbocycles. The fraction of sp³-hybridized carbons (Fsp3) is 0.526. The molecule has 3 N–H and O–H groups in total. The minimum Gasteiger partial charge on any atom is -0.481 e. The molecule has 2 atom stereocenters. The van der Waals surface area contributed by atoms with Crippen LogP contribution in [-0.4, -0.2) is 54.2 Å². The first kappa shape index (κ1) is 19.0. The molecule has 0 bridgehead atoms. The molecule has 0 spiro atoms. The lowest BCUT2D eigenvalue weighted by atomic mass is 9.91. The molecule has 1 aromatic carbocycles. The van der Waals surface area contributed by atoms with Gasteiger partial charge in [0.05, 0.1) is 11.6 Å². The van der Waals surface area contributed by atoms with E-state index in [2.05, 4.69) is 10.6 Å². The van der Waals surface area contributed by atoms with Crippen LogP contribution in [0.25, 0.3) is 0 Å². The average Bonchev–Trinajstić information content (AvgIpc) is 3.04. The molecule has 2 heterocycles. The smallest absolute Gasteiger partial charge is 0.321 e. The van der Waals surface area contributed by atoms with E-state index in [9.17, 15) is 19.5 Å². The minimum atomic E-state index is -0.866. The summed E-state index contributed by atoms with van der Waals surface area (Å²) in [5.74, 6) is -1.26. The van der Waals surface area contributed by atoms with Crippen molar-refractivity contribution in [3.05, 3.63) is 23.8 Å². The number of aliphatic carboxylic acids is 1. The molecule has 1 saturated heterocycles. The van der Waals surface area contributed by atoms with Gasteiger partial charge in [0.1, 0.15) is 0 Å². The zero-order valence-corrected chi connectivity index (χ0v) is 15.7. The van der Waals surface area contributed by atoms with Gasteiger partial charge in [-0.05, 0) is 43.4 Å². The van der Waals surface area contributed by atoms with E-state index < -0.39 is 11.9 Å². The zero-order chi connectivity index (χ0) is 19.6. The second kappa shape index (κ2) is 7.85. The Morgan fingerprint density at radius 1 is 1.22 bits per heavy atom. The average molecular weight is 374 g/mol. The minimum absolute atomic E-state index is 0.138. The van der Waals surface area contributed by atoms with Crippen LogP contribution in [0.4, 0.5) is 21.0 Å². The predicted molar refractivity (Wildman–Crippen MR) is 102 cm³/mol. The van der Waals surface area contributed by atoms with E-state index in [0.29, 0.717) is 31.7 Å². The highest BCUT2D eigenvalue weighted by atomic mass is 16.4. The number of amides is 4. The summed E-state index contributed by atoms with van der Waals surface area (Å²) in [4.78, 5) is 39.4. The van der Waals surface area contributed by atoms with Crippen molar-refractivity contribution >= 4 is 29.4 Å². The standard InChI is InChI=1S/C19H26N4O4/c1-3-20-18(26)23-7-6-13-4-5-15(9-16(13)23)21-19(27)22-10-12(2)8-14(11-22)17(24)25/h4-5,9,12,14H,3,6-8,10-11H2,1-2H3,(H,20,26)(H,21,27)(H,24,25). The first-order valence-corrected chi connectivity index (χ1v) is 9.36. The number of nitrogens with one attached hydrogen (secondary N) is 2. The number of anilines is 2. The lowest BCUT2D eigenvalue weighted by Gasteiger charge is -2.34. The summed E-state index contributed by atoms with van der Waals surface area (Å²) in [7, 11) is 0. The maximum absolute atomic E-state index is 12.6. The van der Waals surface area contributed by atoms with Crippen molar-refractivity contribution in [1.29, 1.82) is 0 Å². The van der Waals surface area contributed by atoms with Crippen molar-refractivity contribution < 1.29 is 19.5 Å². The third kappa shape index (κ3) is 4.15. The van der Waals surface area contributed by atoms with Gasteiger partial charge in [-0.15, -0.1) is 0 Å². The summed E-state index contributed by atoms with van der Waals surface area (Å²) in [6.07, 6.45) is 1.37. The highest BCUT2D eigenvalue weighted by Gasteiger charge is 2.32. The van der Waals surface area contributed by atoms with Crippen molar-refractivity contribution in [3.63, 3.8) is 0 Å². The van der Waals surface area contributed by atoms with Crippen molar-refractivity contribution in [1.82, 2.24) is 10.2 Å². The first-order valence-electron chi connectivity index (χ1n) is 9.36. The quantitative estimate of drug-likeness (QED) is 0.756. The third-order valence-electron chi connectivity index (χ3n) is 5.10. The molecular weight excluding hydrogens is 348 g/mol. The number of likely N-dealkylation sites (tertiary alicyclic amines) is 1. The molecule has 1 aromatic rings. The Balaban J connectivity index is 1.71. The van der Waals surface area contributed by atoms with Crippen LogP contribution in [-0.2, 0) is 11.2 Å². The highest BCUT2D eigenvalue weighted by molar-refractivity contribution is 5.96. The molecule has 8 heteroatoms. The molecule has 2 aliphatic heterocycles. The highest BCUT2D eigenvalue weighted by Crippen LogP contribution is 2.31. The topological polar surface area (TPSA) is 102 Å². The first-order chi connectivity index (χ1) is 12.9. The van der Waals surface area contributed by atoms with Crippen LogP contribution in [0.3, 0.4) is 0 Å². The molecule has 27 heavy (non-hydrogen) atoms. The van der Waals surface area contributed by atoms with Gasteiger partial charge >= 0.3 is 18.0 Å². The van der Waals surface area contributed by atoms with Crippen molar-refractivity contribution in [2.75, 3.05) is 36.4 Å². The maximum atomic E-state index is 12.6. The lowest BCUT2D eigenvalue weighted by molar-refractivity contribution is -0.143. The second-order valence-electron chi connectivity index (χ2n) is 7.29. The largest absolute Gasteiger partial charge is 0.481 e. The van der Waals surface area contributed by atoms with Gasteiger partial charge in [-0.25, -0.2) is 9.59 Å². The number of benzene rings is 1. The van der Waals surface area contributed by atoms with Crippen molar-refractivity contribution in [3.8, 4) is 0 Å². The Morgan fingerprint density at radius 3 is 2.70 bits per heavy atom. The Kier molecular flexibility index (Phi) is 5.53. The molecule has 3 rings (SSSR count). The van der Waals surface area contributed by atoms with E-state index in [4.69, 9.17) is 0 Å². The molecule has 1 fully saturated rings.